The molecule has 5 nitrogen and oxygen atoms in total. The Balaban J connectivity index is 1.63. The lowest BCUT2D eigenvalue weighted by Crippen LogP contribution is -2.45. The number of rotatable bonds is 8. The number of nitrogens with one attached hydrogen (secondary N) is 1. The van der Waals surface area contributed by atoms with Crippen molar-refractivity contribution in [2.24, 2.45) is 0 Å². The molecule has 1 amide bonds. The number of benzene rings is 3. The molecule has 1 aromatic heterocycles. The number of thioether (sulfide) groups is 1. The van der Waals surface area contributed by atoms with Crippen molar-refractivity contribution in [1.29, 1.82) is 0 Å². The third-order valence-electron chi connectivity index (χ3n) is 5.46. The Kier molecular flexibility index (Phi) is 7.53. The van der Waals surface area contributed by atoms with Crippen LogP contribution in [0.2, 0.25) is 0 Å². The normalized spacial score (nSPS) is 13.4. The van der Waals surface area contributed by atoms with Gasteiger partial charge in [0.1, 0.15) is 17.7 Å². The summed E-state index contributed by atoms with van der Waals surface area (Å²) in [5, 5.41) is 7.08. The first-order valence-corrected chi connectivity index (χ1v) is 12.1. The van der Waals surface area contributed by atoms with E-state index >= 15 is 0 Å². The summed E-state index contributed by atoms with van der Waals surface area (Å²) in [5.74, 6) is -1.11. The van der Waals surface area contributed by atoms with Gasteiger partial charge in [-0.1, -0.05) is 19.1 Å². The van der Waals surface area contributed by atoms with Crippen LogP contribution in [-0.2, 0) is 4.79 Å². The number of hydrogen-bond acceptors (Lipinski definition) is 4. The minimum Gasteiger partial charge on any atom is -0.484 e. The SMILES string of the molecule is CCSc1ccc([C@H](Oc2ccc3c(cnn3-c3ccc(F)cc3)c2)[C@H](C)NC(=O)C(F)(F)F)cc1. The van der Waals surface area contributed by atoms with Crippen LogP contribution in [0.3, 0.4) is 0 Å². The number of ether oxygens (including phenoxy) is 1. The van der Waals surface area contributed by atoms with Crippen molar-refractivity contribution < 1.29 is 27.1 Å². The molecule has 1 heterocycles. The number of hydrogen-bond donors (Lipinski definition) is 1. The van der Waals surface area contributed by atoms with E-state index in [0.29, 0.717) is 17.0 Å². The summed E-state index contributed by atoms with van der Waals surface area (Å²) in [5.41, 5.74) is 2.03. The first-order valence-electron chi connectivity index (χ1n) is 11.2. The molecule has 0 unspecified atom stereocenters. The Morgan fingerprint density at radius 3 is 2.42 bits per heavy atom. The minimum atomic E-state index is -5.01. The van der Waals surface area contributed by atoms with E-state index in [0.717, 1.165) is 21.6 Å². The van der Waals surface area contributed by atoms with Crippen molar-refractivity contribution >= 4 is 28.6 Å². The average molecular weight is 518 g/mol. The average Bonchev–Trinajstić information content (AvgIpc) is 3.26. The third kappa shape index (κ3) is 5.81. The van der Waals surface area contributed by atoms with Gasteiger partial charge < -0.3 is 10.1 Å². The Morgan fingerprint density at radius 1 is 1.08 bits per heavy atom. The molecule has 0 bridgehead atoms. The zero-order chi connectivity index (χ0) is 25.9. The second-order valence-corrected chi connectivity index (χ2v) is 9.39. The molecule has 10 heteroatoms. The molecule has 2 atom stereocenters. The number of alkyl halides is 3. The monoisotopic (exact) mass is 517 g/mol. The largest absolute Gasteiger partial charge is 0.484 e. The lowest BCUT2D eigenvalue weighted by atomic mass is 10.0. The van der Waals surface area contributed by atoms with Crippen molar-refractivity contribution in [3.8, 4) is 11.4 Å². The molecule has 0 aliphatic carbocycles. The molecule has 0 aliphatic rings. The smallest absolute Gasteiger partial charge is 0.471 e. The van der Waals surface area contributed by atoms with Gasteiger partial charge in [-0.3, -0.25) is 4.79 Å². The highest BCUT2D eigenvalue weighted by atomic mass is 32.2. The van der Waals surface area contributed by atoms with Gasteiger partial charge in [-0.25, -0.2) is 9.07 Å². The Morgan fingerprint density at radius 2 is 1.78 bits per heavy atom. The predicted molar refractivity (Wildman–Crippen MR) is 131 cm³/mol. The number of carbonyl (C=O) groups excluding carboxylic acids is 1. The van der Waals surface area contributed by atoms with Crippen molar-refractivity contribution in [1.82, 2.24) is 15.1 Å². The topological polar surface area (TPSA) is 56.1 Å². The van der Waals surface area contributed by atoms with Crippen LogP contribution < -0.4 is 10.1 Å². The van der Waals surface area contributed by atoms with Gasteiger partial charge in [0, 0.05) is 10.3 Å². The second-order valence-electron chi connectivity index (χ2n) is 8.05. The number of nitrogens with zero attached hydrogens (tertiary/aromatic N) is 2. The fourth-order valence-electron chi connectivity index (χ4n) is 3.76. The van der Waals surface area contributed by atoms with Crippen molar-refractivity contribution in [2.45, 2.75) is 37.1 Å². The molecule has 0 saturated carbocycles. The number of halogens is 4. The van der Waals surface area contributed by atoms with Crippen LogP contribution in [0, 0.1) is 5.82 Å². The summed E-state index contributed by atoms with van der Waals surface area (Å²) >= 11 is 1.64. The zero-order valence-electron chi connectivity index (χ0n) is 19.4. The quantitative estimate of drug-likeness (QED) is 0.215. The molecular weight excluding hydrogens is 494 g/mol. The molecule has 0 fully saturated rings. The van der Waals surface area contributed by atoms with E-state index in [9.17, 15) is 22.4 Å². The van der Waals surface area contributed by atoms with Crippen LogP contribution in [-0.4, -0.2) is 33.7 Å². The summed E-state index contributed by atoms with van der Waals surface area (Å²) in [6.45, 7) is 3.49. The van der Waals surface area contributed by atoms with E-state index in [-0.39, 0.29) is 5.82 Å². The van der Waals surface area contributed by atoms with Gasteiger partial charge in [0.15, 0.2) is 0 Å². The molecule has 4 aromatic rings. The molecule has 0 spiro atoms. The molecule has 3 aromatic carbocycles. The van der Waals surface area contributed by atoms with E-state index in [2.05, 4.69) is 5.10 Å². The fraction of sp³-hybridized carbons (Fsp3) is 0.231. The van der Waals surface area contributed by atoms with Gasteiger partial charge in [0.25, 0.3) is 0 Å². The second kappa shape index (κ2) is 10.6. The first-order chi connectivity index (χ1) is 17.2. The Labute approximate surface area is 209 Å². The van der Waals surface area contributed by atoms with E-state index < -0.39 is 24.2 Å². The maximum absolute atomic E-state index is 13.3. The molecular formula is C26H23F4N3O2S. The minimum absolute atomic E-state index is 0.356. The van der Waals surface area contributed by atoms with Gasteiger partial charge >= 0.3 is 12.1 Å². The van der Waals surface area contributed by atoms with Gasteiger partial charge in [-0.05, 0) is 72.8 Å². The Bertz CT molecular complexity index is 1340. The van der Waals surface area contributed by atoms with Crippen molar-refractivity contribution in [2.75, 3.05) is 5.75 Å². The van der Waals surface area contributed by atoms with Crippen LogP contribution in [0.4, 0.5) is 17.6 Å². The standard InChI is InChI=1S/C26H23F4N3O2S/c1-3-36-22-11-4-17(5-12-22)24(16(2)32-25(34)26(28,29)30)35-21-10-13-23-18(14-21)15-31-33(23)20-8-6-19(27)7-9-20/h4-16,24H,3H2,1-2H3,(H,32,34)/t16-,24+/m0/s1. The number of aromatic nitrogens is 2. The molecule has 1 N–H and O–H groups in total. The van der Waals surface area contributed by atoms with Crippen LogP contribution in [0.25, 0.3) is 16.6 Å². The molecule has 4 rings (SSSR count). The summed E-state index contributed by atoms with van der Waals surface area (Å²) in [6, 6.07) is 17.4. The first kappa shape index (κ1) is 25.6. The van der Waals surface area contributed by atoms with Crippen molar-refractivity contribution in [3.05, 3.63) is 84.3 Å². The Hall–Kier alpha value is -3.53. The summed E-state index contributed by atoms with van der Waals surface area (Å²) in [7, 11) is 0. The van der Waals surface area contributed by atoms with Crippen LogP contribution in [0.1, 0.15) is 25.5 Å². The number of fused-ring (bicyclic) bond motifs is 1. The van der Waals surface area contributed by atoms with Crippen LogP contribution in [0.5, 0.6) is 5.75 Å². The summed E-state index contributed by atoms with van der Waals surface area (Å²) in [6.07, 6.45) is -4.28. The van der Waals surface area contributed by atoms with Crippen LogP contribution in [0.15, 0.2) is 77.8 Å². The lowest BCUT2D eigenvalue weighted by molar-refractivity contribution is -0.174. The van der Waals surface area contributed by atoms with E-state index in [1.807, 2.05) is 24.4 Å². The maximum Gasteiger partial charge on any atom is 0.471 e. The molecule has 36 heavy (non-hydrogen) atoms. The third-order valence-corrected chi connectivity index (χ3v) is 6.36. The summed E-state index contributed by atoms with van der Waals surface area (Å²) in [4.78, 5) is 12.6. The van der Waals surface area contributed by atoms with Gasteiger partial charge in [0.05, 0.1) is 23.4 Å². The van der Waals surface area contributed by atoms with E-state index in [1.165, 1.54) is 19.1 Å². The highest BCUT2D eigenvalue weighted by Gasteiger charge is 2.40. The molecule has 0 saturated heterocycles. The number of amides is 1. The molecule has 0 aliphatic heterocycles. The van der Waals surface area contributed by atoms with Gasteiger partial charge in [0.2, 0.25) is 0 Å². The lowest BCUT2D eigenvalue weighted by Gasteiger charge is -2.27. The van der Waals surface area contributed by atoms with Crippen molar-refractivity contribution in [3.63, 3.8) is 0 Å². The van der Waals surface area contributed by atoms with Gasteiger partial charge in [-0.2, -0.15) is 18.3 Å². The molecule has 0 radical (unpaired) electrons. The molecule has 188 valence electrons. The number of carbonyl (C=O) groups is 1. The maximum atomic E-state index is 13.3. The zero-order valence-corrected chi connectivity index (χ0v) is 20.2. The fourth-order valence-corrected chi connectivity index (χ4v) is 4.42. The highest BCUT2D eigenvalue weighted by Crippen LogP contribution is 2.30. The predicted octanol–water partition coefficient (Wildman–Crippen LogP) is 6.46. The van der Waals surface area contributed by atoms with Crippen LogP contribution >= 0.6 is 11.8 Å². The highest BCUT2D eigenvalue weighted by molar-refractivity contribution is 7.99. The van der Waals surface area contributed by atoms with E-state index in [4.69, 9.17) is 4.74 Å². The summed E-state index contributed by atoms with van der Waals surface area (Å²) < 4.78 is 59.8. The van der Waals surface area contributed by atoms with E-state index in [1.54, 1.807) is 65.1 Å². The van der Waals surface area contributed by atoms with Gasteiger partial charge in [-0.15, -0.1) is 11.8 Å².